The van der Waals surface area contributed by atoms with E-state index < -0.39 is 16.0 Å². The molecule has 0 amide bonds. The largest absolute Gasteiger partial charge is 0.495 e. The van der Waals surface area contributed by atoms with Gasteiger partial charge in [-0.2, -0.15) is 0 Å². The van der Waals surface area contributed by atoms with Gasteiger partial charge in [0.05, 0.1) is 35.1 Å². The number of aromatic nitrogens is 2. The number of carbonyl (C=O) groups is 1. The number of nitrogens with zero attached hydrogens (tertiary/aromatic N) is 2. The first-order chi connectivity index (χ1) is 12.8. The van der Waals surface area contributed by atoms with Crippen LogP contribution in [0.4, 0.5) is 0 Å². The number of nitrogens with two attached hydrogens (primary N) is 1. The van der Waals surface area contributed by atoms with Crippen molar-refractivity contribution in [3.63, 3.8) is 0 Å². The van der Waals surface area contributed by atoms with Crippen molar-refractivity contribution in [1.29, 1.82) is 0 Å². The number of benzene rings is 2. The van der Waals surface area contributed by atoms with Gasteiger partial charge in [0.25, 0.3) is 0 Å². The zero-order chi connectivity index (χ0) is 19.6. The van der Waals surface area contributed by atoms with Crippen LogP contribution in [0.2, 0.25) is 0 Å². The third-order valence-electron chi connectivity index (χ3n) is 3.89. The molecule has 0 fully saturated rings. The number of methoxy groups -OCH3 is 1. The number of rotatable bonds is 5. The minimum Gasteiger partial charge on any atom is -0.495 e. The van der Waals surface area contributed by atoms with Crippen molar-refractivity contribution in [2.45, 2.75) is 18.4 Å². The van der Waals surface area contributed by atoms with Crippen LogP contribution in [-0.4, -0.2) is 31.5 Å². The average Bonchev–Trinajstić information content (AvgIpc) is 2.64. The molecule has 8 nitrogen and oxygen atoms in total. The van der Waals surface area contributed by atoms with Crippen LogP contribution in [0, 0.1) is 6.92 Å². The van der Waals surface area contributed by atoms with Gasteiger partial charge in [-0.15, -0.1) is 0 Å². The van der Waals surface area contributed by atoms with E-state index in [0.29, 0.717) is 16.9 Å². The van der Waals surface area contributed by atoms with Gasteiger partial charge in [-0.1, -0.05) is 12.1 Å². The molecule has 0 spiro atoms. The third-order valence-corrected chi connectivity index (χ3v) is 4.82. The number of esters is 1. The Balaban J connectivity index is 1.83. The molecule has 140 valence electrons. The molecule has 0 aliphatic rings. The predicted octanol–water partition coefficient (Wildman–Crippen LogP) is 1.95. The minimum absolute atomic E-state index is 0.0335. The Hall–Kier alpha value is -3.04. The second-order valence-electron chi connectivity index (χ2n) is 5.73. The van der Waals surface area contributed by atoms with Gasteiger partial charge in [0, 0.05) is 0 Å². The predicted molar refractivity (Wildman–Crippen MR) is 97.8 cm³/mol. The molecule has 0 radical (unpaired) electrons. The number of sulfonamides is 1. The van der Waals surface area contributed by atoms with Crippen molar-refractivity contribution < 1.29 is 22.7 Å². The normalized spacial score (nSPS) is 11.4. The number of carbonyl (C=O) groups excluding carboxylic acids is 1. The quantitative estimate of drug-likeness (QED) is 0.664. The maximum absolute atomic E-state index is 12.3. The van der Waals surface area contributed by atoms with Gasteiger partial charge in [0.1, 0.15) is 17.3 Å². The van der Waals surface area contributed by atoms with Crippen molar-refractivity contribution in [2.75, 3.05) is 7.11 Å². The van der Waals surface area contributed by atoms with Crippen molar-refractivity contribution in [1.82, 2.24) is 9.97 Å². The topological polar surface area (TPSA) is 121 Å². The molecular weight excluding hydrogens is 370 g/mol. The van der Waals surface area contributed by atoms with Crippen molar-refractivity contribution >= 4 is 27.0 Å². The maximum atomic E-state index is 12.3. The highest BCUT2D eigenvalue weighted by molar-refractivity contribution is 7.89. The number of hydrogen-bond donors (Lipinski definition) is 1. The highest BCUT2D eigenvalue weighted by Crippen LogP contribution is 2.24. The molecule has 3 rings (SSSR count). The molecule has 3 aromatic rings. The second kappa shape index (κ2) is 7.29. The molecule has 0 saturated carbocycles. The first-order valence-electron chi connectivity index (χ1n) is 7.90. The smallest absolute Gasteiger partial charge is 0.338 e. The van der Waals surface area contributed by atoms with Crippen LogP contribution in [0.25, 0.3) is 11.0 Å². The Bertz CT molecular complexity index is 1130. The fraction of sp³-hybridized carbons (Fsp3) is 0.167. The van der Waals surface area contributed by atoms with Gasteiger partial charge in [0.15, 0.2) is 0 Å². The van der Waals surface area contributed by atoms with Crippen molar-refractivity contribution in [2.24, 2.45) is 5.14 Å². The van der Waals surface area contributed by atoms with Crippen LogP contribution >= 0.6 is 0 Å². The van der Waals surface area contributed by atoms with E-state index in [9.17, 15) is 13.2 Å². The summed E-state index contributed by atoms with van der Waals surface area (Å²) in [7, 11) is -2.75. The second-order valence-corrected chi connectivity index (χ2v) is 7.26. The van der Waals surface area contributed by atoms with E-state index in [1.165, 1.54) is 19.2 Å². The van der Waals surface area contributed by atoms with E-state index in [4.69, 9.17) is 14.6 Å². The van der Waals surface area contributed by atoms with Crippen LogP contribution in [0.3, 0.4) is 0 Å². The number of fused-ring (bicyclic) bond motifs is 1. The summed E-state index contributed by atoms with van der Waals surface area (Å²) in [5.74, 6) is -0.665. The van der Waals surface area contributed by atoms with Gasteiger partial charge in [-0.25, -0.2) is 28.3 Å². The van der Waals surface area contributed by atoms with E-state index in [1.54, 1.807) is 6.92 Å². The van der Waals surface area contributed by atoms with E-state index in [0.717, 1.165) is 11.6 Å². The minimum atomic E-state index is -4.05. The summed E-state index contributed by atoms with van der Waals surface area (Å²) < 4.78 is 33.6. The Labute approximate surface area is 156 Å². The number of ether oxygens (including phenoxy) is 2. The summed E-state index contributed by atoms with van der Waals surface area (Å²) in [5, 5.41) is 5.16. The van der Waals surface area contributed by atoms with Crippen molar-refractivity contribution in [3.05, 3.63) is 59.4 Å². The summed E-state index contributed by atoms with van der Waals surface area (Å²) in [6.45, 7) is 1.67. The number of aryl methyl sites for hydroxylation is 1. The van der Waals surface area contributed by atoms with Crippen LogP contribution < -0.4 is 9.88 Å². The lowest BCUT2D eigenvalue weighted by molar-refractivity contribution is 0.0466. The number of para-hydroxylation sites is 2. The monoisotopic (exact) mass is 387 g/mol. The Morgan fingerprint density at radius 3 is 2.41 bits per heavy atom. The van der Waals surface area contributed by atoms with Crippen LogP contribution in [-0.2, 0) is 21.4 Å². The lowest BCUT2D eigenvalue weighted by atomic mass is 10.2. The molecule has 0 saturated heterocycles. The van der Waals surface area contributed by atoms with E-state index >= 15 is 0 Å². The lowest BCUT2D eigenvalue weighted by Crippen LogP contribution is -2.15. The Morgan fingerprint density at radius 2 is 1.78 bits per heavy atom. The summed E-state index contributed by atoms with van der Waals surface area (Å²) in [6, 6.07) is 11.2. The number of hydrogen-bond acceptors (Lipinski definition) is 7. The molecule has 0 bridgehead atoms. The highest BCUT2D eigenvalue weighted by atomic mass is 32.2. The van der Waals surface area contributed by atoms with Crippen LogP contribution in [0.15, 0.2) is 47.4 Å². The van der Waals surface area contributed by atoms with Crippen molar-refractivity contribution in [3.8, 4) is 5.75 Å². The summed E-state index contributed by atoms with van der Waals surface area (Å²) >= 11 is 0. The third kappa shape index (κ3) is 4.04. The summed E-state index contributed by atoms with van der Waals surface area (Å²) in [5.41, 5.74) is 2.63. The first kappa shape index (κ1) is 18.7. The lowest BCUT2D eigenvalue weighted by Gasteiger charge is -2.10. The highest BCUT2D eigenvalue weighted by Gasteiger charge is 2.19. The average molecular weight is 387 g/mol. The van der Waals surface area contributed by atoms with E-state index in [2.05, 4.69) is 9.97 Å². The first-order valence-corrected chi connectivity index (χ1v) is 9.44. The molecule has 2 N–H and O–H groups in total. The molecule has 0 aliphatic heterocycles. The molecule has 1 aromatic heterocycles. The molecule has 1 heterocycles. The number of primary sulfonamides is 1. The van der Waals surface area contributed by atoms with E-state index in [-0.39, 0.29) is 22.8 Å². The molecule has 0 unspecified atom stereocenters. The van der Waals surface area contributed by atoms with Gasteiger partial charge in [0.2, 0.25) is 10.0 Å². The molecule has 27 heavy (non-hydrogen) atoms. The zero-order valence-electron chi connectivity index (χ0n) is 14.7. The van der Waals surface area contributed by atoms with E-state index in [1.807, 2.05) is 24.3 Å². The van der Waals surface area contributed by atoms with Gasteiger partial charge < -0.3 is 9.47 Å². The molecular formula is C18H17N3O5S. The molecule has 0 aliphatic carbocycles. The van der Waals surface area contributed by atoms with Gasteiger partial charge in [-0.3, -0.25) is 0 Å². The maximum Gasteiger partial charge on any atom is 0.338 e. The van der Waals surface area contributed by atoms with Gasteiger partial charge in [-0.05, 0) is 37.3 Å². The van der Waals surface area contributed by atoms with Crippen LogP contribution in [0.1, 0.15) is 21.7 Å². The fourth-order valence-electron chi connectivity index (χ4n) is 2.50. The molecule has 0 atom stereocenters. The summed E-state index contributed by atoms with van der Waals surface area (Å²) in [4.78, 5) is 20.9. The summed E-state index contributed by atoms with van der Waals surface area (Å²) in [6.07, 6.45) is 0. The van der Waals surface area contributed by atoms with Gasteiger partial charge >= 0.3 is 5.97 Å². The Kier molecular flexibility index (Phi) is 5.06. The zero-order valence-corrected chi connectivity index (χ0v) is 15.5. The SMILES string of the molecule is COc1ccc(C(=O)OCc2nc3ccccc3nc2C)cc1S(N)(=O)=O. The van der Waals surface area contributed by atoms with Crippen LogP contribution in [0.5, 0.6) is 5.75 Å². The molecule has 2 aromatic carbocycles. The standard InChI is InChI=1S/C18H17N3O5S/c1-11-15(21-14-6-4-3-5-13(14)20-11)10-26-18(22)12-7-8-16(25-2)17(9-12)27(19,23)24/h3-9H,10H2,1-2H3,(H2,19,23,24). The Morgan fingerprint density at radius 1 is 1.11 bits per heavy atom. The fourth-order valence-corrected chi connectivity index (χ4v) is 3.23. The molecule has 9 heteroatoms.